The van der Waals surface area contributed by atoms with Crippen LogP contribution in [0.1, 0.15) is 29.9 Å². The van der Waals surface area contributed by atoms with E-state index in [0.717, 1.165) is 0 Å². The number of nitrogens with zero attached hydrogens (tertiary/aromatic N) is 1. The van der Waals surface area contributed by atoms with Crippen LogP contribution >= 0.6 is 0 Å². The highest BCUT2D eigenvalue weighted by atomic mass is 19.1. The smallest absolute Gasteiger partial charge is 0.358 e. The van der Waals surface area contributed by atoms with Crippen molar-refractivity contribution in [3.63, 3.8) is 0 Å². The summed E-state index contributed by atoms with van der Waals surface area (Å²) in [6.07, 6.45) is 0. The zero-order valence-electron chi connectivity index (χ0n) is 9.98. The molecular weight excluding hydrogens is 237 g/mol. The summed E-state index contributed by atoms with van der Waals surface area (Å²) in [6, 6.07) is 7.99. The normalized spacial score (nSPS) is 11.5. The first kappa shape index (κ1) is 12.3. The van der Waals surface area contributed by atoms with Crippen LogP contribution in [0.25, 0.3) is 11.3 Å². The second-order valence-electron chi connectivity index (χ2n) is 4.43. The van der Waals surface area contributed by atoms with Crippen molar-refractivity contribution in [2.75, 3.05) is 0 Å². The van der Waals surface area contributed by atoms with Crippen molar-refractivity contribution in [3.8, 4) is 11.3 Å². The van der Waals surface area contributed by atoms with E-state index in [9.17, 15) is 9.18 Å². The van der Waals surface area contributed by atoms with Crippen molar-refractivity contribution in [2.24, 2.45) is 0 Å². The molecule has 0 amide bonds. The largest absolute Gasteiger partial charge is 0.476 e. The molecule has 2 rings (SSSR count). The van der Waals surface area contributed by atoms with Crippen LogP contribution < -0.4 is 0 Å². The van der Waals surface area contributed by atoms with Crippen molar-refractivity contribution in [1.82, 2.24) is 5.16 Å². The molecule has 18 heavy (non-hydrogen) atoms. The molecule has 0 saturated carbocycles. The third-order valence-electron chi connectivity index (χ3n) is 2.56. The van der Waals surface area contributed by atoms with Gasteiger partial charge in [-0.1, -0.05) is 23.4 Å². The molecule has 0 aliphatic carbocycles. The zero-order valence-corrected chi connectivity index (χ0v) is 9.98. The Labute approximate surface area is 103 Å². The van der Waals surface area contributed by atoms with Gasteiger partial charge in [0.1, 0.15) is 5.67 Å². The van der Waals surface area contributed by atoms with Gasteiger partial charge in [0.05, 0.1) is 0 Å². The molecule has 4 nitrogen and oxygen atoms in total. The Morgan fingerprint density at radius 2 is 2.11 bits per heavy atom. The molecule has 1 aromatic carbocycles. The molecule has 1 heterocycles. The van der Waals surface area contributed by atoms with Gasteiger partial charge in [0, 0.05) is 11.6 Å². The quantitative estimate of drug-likeness (QED) is 0.906. The lowest BCUT2D eigenvalue weighted by atomic mass is 9.97. The zero-order chi connectivity index (χ0) is 13.3. The molecule has 0 bridgehead atoms. The minimum Gasteiger partial charge on any atom is -0.476 e. The Morgan fingerprint density at radius 3 is 2.67 bits per heavy atom. The number of hydrogen-bond acceptors (Lipinski definition) is 3. The Hall–Kier alpha value is -2.17. The Morgan fingerprint density at radius 1 is 1.39 bits per heavy atom. The molecule has 1 N–H and O–H groups in total. The molecule has 1 aromatic heterocycles. The number of carbonyl (C=O) groups is 1. The highest BCUT2D eigenvalue weighted by Gasteiger charge is 2.20. The lowest BCUT2D eigenvalue weighted by molar-refractivity contribution is 0.0686. The van der Waals surface area contributed by atoms with E-state index >= 15 is 0 Å². The predicted molar refractivity (Wildman–Crippen MR) is 63.0 cm³/mol. The number of aromatic nitrogens is 1. The van der Waals surface area contributed by atoms with Gasteiger partial charge in [0.25, 0.3) is 0 Å². The number of alkyl halides is 1. The van der Waals surface area contributed by atoms with Crippen LogP contribution in [-0.2, 0) is 5.67 Å². The Bertz CT molecular complexity index is 584. The summed E-state index contributed by atoms with van der Waals surface area (Å²) >= 11 is 0. The maximum absolute atomic E-state index is 13.8. The molecule has 0 radical (unpaired) electrons. The Kier molecular flexibility index (Phi) is 2.90. The molecule has 2 aromatic rings. The average Bonchev–Trinajstić information content (AvgIpc) is 2.77. The standard InChI is InChI=1S/C13H12FNO3/c1-13(2,14)9-5-3-4-8(6-9)11-7-10(12(16)17)15-18-11/h3-7H,1-2H3,(H,16,17). The van der Waals surface area contributed by atoms with E-state index in [4.69, 9.17) is 9.63 Å². The van der Waals surface area contributed by atoms with Crippen LogP contribution in [0.15, 0.2) is 34.9 Å². The van der Waals surface area contributed by atoms with E-state index in [1.54, 1.807) is 24.3 Å². The van der Waals surface area contributed by atoms with Crippen molar-refractivity contribution in [1.29, 1.82) is 0 Å². The first-order valence-corrected chi connectivity index (χ1v) is 5.38. The molecule has 0 unspecified atom stereocenters. The van der Waals surface area contributed by atoms with Gasteiger partial charge in [-0.25, -0.2) is 9.18 Å². The molecular formula is C13H12FNO3. The van der Waals surface area contributed by atoms with Crippen LogP contribution in [0.5, 0.6) is 0 Å². The van der Waals surface area contributed by atoms with E-state index < -0.39 is 11.6 Å². The van der Waals surface area contributed by atoms with Gasteiger partial charge in [0.2, 0.25) is 0 Å². The summed E-state index contributed by atoms with van der Waals surface area (Å²) < 4.78 is 18.7. The number of hydrogen-bond donors (Lipinski definition) is 1. The van der Waals surface area contributed by atoms with E-state index in [0.29, 0.717) is 16.9 Å². The first-order chi connectivity index (χ1) is 8.38. The fourth-order valence-electron chi connectivity index (χ4n) is 1.55. The van der Waals surface area contributed by atoms with E-state index in [2.05, 4.69) is 5.16 Å². The summed E-state index contributed by atoms with van der Waals surface area (Å²) in [6.45, 7) is 2.91. The number of aromatic carboxylic acids is 1. The minimum atomic E-state index is -1.47. The topological polar surface area (TPSA) is 63.3 Å². The molecule has 94 valence electrons. The number of rotatable bonds is 3. The maximum Gasteiger partial charge on any atom is 0.358 e. The molecule has 0 aliphatic heterocycles. The summed E-state index contributed by atoms with van der Waals surface area (Å²) in [5.74, 6) is -0.856. The number of carboxylic acids is 1. The third-order valence-corrected chi connectivity index (χ3v) is 2.56. The van der Waals surface area contributed by atoms with Crippen molar-refractivity contribution >= 4 is 5.97 Å². The van der Waals surface area contributed by atoms with Crippen LogP contribution in [-0.4, -0.2) is 16.2 Å². The molecule has 5 heteroatoms. The summed E-state index contributed by atoms with van der Waals surface area (Å²) in [5.41, 5.74) is -0.549. The van der Waals surface area contributed by atoms with Crippen LogP contribution in [0.4, 0.5) is 4.39 Å². The van der Waals surface area contributed by atoms with Crippen LogP contribution in [0.2, 0.25) is 0 Å². The monoisotopic (exact) mass is 249 g/mol. The summed E-state index contributed by atoms with van der Waals surface area (Å²) in [5, 5.41) is 12.2. The maximum atomic E-state index is 13.8. The van der Waals surface area contributed by atoms with E-state index in [-0.39, 0.29) is 5.69 Å². The van der Waals surface area contributed by atoms with Gasteiger partial charge in [-0.05, 0) is 25.5 Å². The van der Waals surface area contributed by atoms with Crippen molar-refractivity contribution < 1.29 is 18.8 Å². The first-order valence-electron chi connectivity index (χ1n) is 5.38. The summed E-state index contributed by atoms with van der Waals surface area (Å²) in [7, 11) is 0. The second kappa shape index (κ2) is 4.25. The average molecular weight is 249 g/mol. The van der Waals surface area contributed by atoms with Crippen molar-refractivity contribution in [3.05, 3.63) is 41.6 Å². The van der Waals surface area contributed by atoms with Crippen molar-refractivity contribution in [2.45, 2.75) is 19.5 Å². The van der Waals surface area contributed by atoms with Gasteiger partial charge in [0.15, 0.2) is 11.5 Å². The number of benzene rings is 1. The number of carboxylic acid groups (broad SMARTS) is 1. The van der Waals surface area contributed by atoms with E-state index in [1.165, 1.54) is 19.9 Å². The molecule has 0 aliphatic rings. The highest BCUT2D eigenvalue weighted by molar-refractivity contribution is 5.86. The molecule has 0 fully saturated rings. The molecule has 0 atom stereocenters. The van der Waals surface area contributed by atoms with Crippen LogP contribution in [0.3, 0.4) is 0 Å². The van der Waals surface area contributed by atoms with Gasteiger partial charge >= 0.3 is 5.97 Å². The minimum absolute atomic E-state index is 0.171. The van der Waals surface area contributed by atoms with Gasteiger partial charge < -0.3 is 9.63 Å². The summed E-state index contributed by atoms with van der Waals surface area (Å²) in [4.78, 5) is 10.7. The molecule has 0 saturated heterocycles. The van der Waals surface area contributed by atoms with Crippen LogP contribution in [0, 0.1) is 0 Å². The lowest BCUT2D eigenvalue weighted by Gasteiger charge is -2.14. The predicted octanol–water partition coefficient (Wildman–Crippen LogP) is 3.24. The number of halogens is 1. The fourth-order valence-corrected chi connectivity index (χ4v) is 1.55. The Balaban J connectivity index is 2.41. The SMILES string of the molecule is CC(C)(F)c1cccc(-c2cc(C(=O)O)no2)c1. The fraction of sp³-hybridized carbons (Fsp3) is 0.231. The van der Waals surface area contributed by atoms with Gasteiger partial charge in [-0.3, -0.25) is 0 Å². The second-order valence-corrected chi connectivity index (χ2v) is 4.43. The van der Waals surface area contributed by atoms with E-state index in [1.807, 2.05) is 0 Å². The third kappa shape index (κ3) is 2.40. The lowest BCUT2D eigenvalue weighted by Crippen LogP contribution is -2.08. The highest BCUT2D eigenvalue weighted by Crippen LogP contribution is 2.29. The molecule has 0 spiro atoms. The van der Waals surface area contributed by atoms with Gasteiger partial charge in [-0.2, -0.15) is 0 Å². The van der Waals surface area contributed by atoms with Gasteiger partial charge in [-0.15, -0.1) is 0 Å².